The summed E-state index contributed by atoms with van der Waals surface area (Å²) in [4.78, 5) is 6.34. The van der Waals surface area contributed by atoms with Crippen LogP contribution in [0.4, 0.5) is 28.9 Å². The predicted molar refractivity (Wildman–Crippen MR) is 182 cm³/mol. The molecule has 0 bridgehead atoms. The summed E-state index contributed by atoms with van der Waals surface area (Å²) in [6.07, 6.45) is -4.90. The van der Waals surface area contributed by atoms with Gasteiger partial charge in [0, 0.05) is 47.1 Å². The summed E-state index contributed by atoms with van der Waals surface area (Å²) in [6, 6.07) is 8.01. The maximum Gasteiger partial charge on any atom is 0.394 e. The van der Waals surface area contributed by atoms with Crippen LogP contribution in [0.5, 0.6) is 5.75 Å². The van der Waals surface area contributed by atoms with E-state index in [2.05, 4.69) is 47.1 Å². The SMILES string of the molecule is COc1cc(S(=O)(=O)N(C)COCC[Si](C)(C)C)ccc1NCC#Cc1nc2c(N[C@@H]3CCN(C)C[C@@H]3F)cccn2c1CC(F)(F)F. The van der Waals surface area contributed by atoms with Gasteiger partial charge < -0.3 is 29.4 Å². The van der Waals surface area contributed by atoms with E-state index in [0.29, 0.717) is 30.9 Å². The molecule has 3 aromatic rings. The zero-order valence-corrected chi connectivity index (χ0v) is 29.9. The first-order chi connectivity index (χ1) is 22.5. The number of hydrogen-bond donors (Lipinski definition) is 2. The molecule has 16 heteroatoms. The quantitative estimate of drug-likeness (QED) is 0.0811. The highest BCUT2D eigenvalue weighted by Crippen LogP contribution is 2.30. The van der Waals surface area contributed by atoms with Crippen LogP contribution in [-0.4, -0.2) is 108 Å². The molecule has 0 unspecified atom stereocenters. The largest absolute Gasteiger partial charge is 0.495 e. The fourth-order valence-electron chi connectivity index (χ4n) is 5.17. The Morgan fingerprint density at radius 1 is 1.19 bits per heavy atom. The van der Waals surface area contributed by atoms with Gasteiger partial charge in [-0.1, -0.05) is 25.6 Å². The highest BCUT2D eigenvalue weighted by molar-refractivity contribution is 7.89. The molecule has 2 atom stereocenters. The smallest absolute Gasteiger partial charge is 0.394 e. The number of pyridine rings is 1. The number of fused-ring (bicyclic) bond motifs is 1. The van der Waals surface area contributed by atoms with Crippen molar-refractivity contribution in [3.05, 3.63) is 47.9 Å². The number of rotatable bonds is 13. The van der Waals surface area contributed by atoms with E-state index in [4.69, 9.17) is 9.47 Å². The van der Waals surface area contributed by atoms with E-state index in [0.717, 1.165) is 10.3 Å². The summed E-state index contributed by atoms with van der Waals surface area (Å²) >= 11 is 0. The number of alkyl halides is 4. The normalized spacial score (nSPS) is 17.7. The van der Waals surface area contributed by atoms with Gasteiger partial charge >= 0.3 is 6.18 Å². The number of sulfonamides is 1. The Balaban J connectivity index is 1.50. The Morgan fingerprint density at radius 2 is 1.94 bits per heavy atom. The summed E-state index contributed by atoms with van der Waals surface area (Å²) in [7, 11) is -0.505. The molecule has 48 heavy (non-hydrogen) atoms. The Labute approximate surface area is 280 Å². The number of nitrogens with zero attached hydrogens (tertiary/aromatic N) is 4. The van der Waals surface area contributed by atoms with Gasteiger partial charge in [0.15, 0.2) is 5.65 Å². The third-order valence-electron chi connectivity index (χ3n) is 7.93. The minimum absolute atomic E-state index is 0.00313. The molecular weight excluding hydrogens is 669 g/mol. The van der Waals surface area contributed by atoms with Crippen molar-refractivity contribution in [3.63, 3.8) is 0 Å². The number of anilines is 2. The summed E-state index contributed by atoms with van der Waals surface area (Å²) in [6.45, 7) is 7.97. The first-order valence-electron chi connectivity index (χ1n) is 15.6. The molecule has 10 nitrogen and oxygen atoms in total. The van der Waals surface area contributed by atoms with Crippen molar-refractivity contribution in [2.45, 2.75) is 61.8 Å². The van der Waals surface area contributed by atoms with Gasteiger partial charge in [-0.25, -0.2) is 17.8 Å². The van der Waals surface area contributed by atoms with Gasteiger partial charge in [0.2, 0.25) is 10.0 Å². The number of aromatic nitrogens is 2. The number of benzene rings is 1. The molecule has 0 saturated carbocycles. The fourth-order valence-corrected chi connectivity index (χ4v) is 7.00. The summed E-state index contributed by atoms with van der Waals surface area (Å²) < 4.78 is 95.4. The monoisotopic (exact) mass is 712 g/mol. The van der Waals surface area contributed by atoms with Crippen LogP contribution in [0.15, 0.2) is 41.4 Å². The molecule has 1 fully saturated rings. The molecule has 0 aliphatic carbocycles. The minimum Gasteiger partial charge on any atom is -0.495 e. The average Bonchev–Trinajstić information content (AvgIpc) is 3.34. The lowest BCUT2D eigenvalue weighted by Crippen LogP contribution is -2.46. The maximum atomic E-state index is 14.7. The lowest BCUT2D eigenvalue weighted by Gasteiger charge is -2.33. The van der Waals surface area contributed by atoms with E-state index in [1.165, 1.54) is 43.0 Å². The summed E-state index contributed by atoms with van der Waals surface area (Å²) in [5, 5.41) is 6.18. The number of ether oxygens (including phenoxy) is 2. The number of piperidine rings is 1. The van der Waals surface area contributed by atoms with E-state index in [1.807, 2.05) is 11.9 Å². The van der Waals surface area contributed by atoms with Crippen LogP contribution in [0.3, 0.4) is 0 Å². The molecule has 4 rings (SSSR count). The van der Waals surface area contributed by atoms with Gasteiger partial charge in [-0.05, 0) is 49.7 Å². The zero-order chi connectivity index (χ0) is 35.3. The molecule has 0 amide bonds. The summed E-state index contributed by atoms with van der Waals surface area (Å²) in [5.41, 5.74) is 0.912. The van der Waals surface area contributed by atoms with Crippen molar-refractivity contribution in [1.29, 1.82) is 0 Å². The van der Waals surface area contributed by atoms with Crippen LogP contribution >= 0.6 is 0 Å². The average molecular weight is 713 g/mol. The Hall–Kier alpha value is -3.36. The molecule has 2 aromatic heterocycles. The van der Waals surface area contributed by atoms with Gasteiger partial charge in [-0.2, -0.15) is 17.5 Å². The molecule has 3 heterocycles. The van der Waals surface area contributed by atoms with Crippen molar-refractivity contribution in [2.75, 3.05) is 64.8 Å². The third-order valence-corrected chi connectivity index (χ3v) is 11.4. The van der Waals surface area contributed by atoms with Crippen LogP contribution in [0.2, 0.25) is 25.7 Å². The third kappa shape index (κ3) is 9.85. The van der Waals surface area contributed by atoms with Crippen molar-refractivity contribution in [1.82, 2.24) is 18.6 Å². The number of hydrogen-bond acceptors (Lipinski definition) is 8. The molecule has 1 aliphatic heterocycles. The first kappa shape index (κ1) is 37.5. The molecule has 1 aliphatic rings. The van der Waals surface area contributed by atoms with E-state index < -0.39 is 42.9 Å². The van der Waals surface area contributed by atoms with Crippen molar-refractivity contribution >= 4 is 35.1 Å². The second-order valence-corrected chi connectivity index (χ2v) is 20.8. The Bertz CT molecular complexity index is 1740. The van der Waals surface area contributed by atoms with Crippen LogP contribution in [0, 0.1) is 11.8 Å². The maximum absolute atomic E-state index is 14.7. The van der Waals surface area contributed by atoms with Gasteiger partial charge in [0.05, 0.1) is 48.1 Å². The molecule has 1 aromatic carbocycles. The fraction of sp³-hybridized carbons (Fsp3) is 0.531. The minimum atomic E-state index is -4.52. The number of likely N-dealkylation sites (tertiary alicyclic amines) is 1. The second kappa shape index (κ2) is 15.5. The lowest BCUT2D eigenvalue weighted by atomic mass is 10.0. The lowest BCUT2D eigenvalue weighted by molar-refractivity contribution is -0.128. The number of methoxy groups -OCH3 is 1. The molecule has 0 spiro atoms. The van der Waals surface area contributed by atoms with Crippen LogP contribution in [0.25, 0.3) is 5.65 Å². The topological polar surface area (TPSA) is 100 Å². The van der Waals surface area contributed by atoms with Crippen LogP contribution in [-0.2, 0) is 21.2 Å². The van der Waals surface area contributed by atoms with Crippen LogP contribution in [0.1, 0.15) is 17.8 Å². The predicted octanol–water partition coefficient (Wildman–Crippen LogP) is 5.30. The van der Waals surface area contributed by atoms with E-state index >= 15 is 0 Å². The Kier molecular flexibility index (Phi) is 12.1. The van der Waals surface area contributed by atoms with E-state index in [-0.39, 0.29) is 47.5 Å². The highest BCUT2D eigenvalue weighted by Gasteiger charge is 2.32. The zero-order valence-electron chi connectivity index (χ0n) is 28.1. The Morgan fingerprint density at radius 3 is 2.60 bits per heavy atom. The van der Waals surface area contributed by atoms with E-state index in [9.17, 15) is 26.0 Å². The summed E-state index contributed by atoms with van der Waals surface area (Å²) in [5.74, 6) is 5.82. The van der Waals surface area contributed by atoms with Gasteiger partial charge in [-0.3, -0.25) is 0 Å². The van der Waals surface area contributed by atoms with Gasteiger partial charge in [0.25, 0.3) is 0 Å². The molecular formula is C32H44F4N6O4SSi. The molecule has 1 saturated heterocycles. The van der Waals surface area contributed by atoms with Crippen molar-refractivity contribution in [3.8, 4) is 17.6 Å². The van der Waals surface area contributed by atoms with Crippen molar-refractivity contribution < 1.29 is 35.5 Å². The molecule has 2 N–H and O–H groups in total. The number of nitrogens with one attached hydrogen (secondary N) is 2. The van der Waals surface area contributed by atoms with Crippen molar-refractivity contribution in [2.24, 2.45) is 0 Å². The van der Waals surface area contributed by atoms with E-state index in [1.54, 1.807) is 12.1 Å². The van der Waals surface area contributed by atoms with Gasteiger partial charge in [0.1, 0.15) is 24.3 Å². The standard InChI is InChI=1S/C32H44F4N6O4SSi/c1-40-16-13-25(24(33)21-40)38-28-10-8-15-42-29(20-32(34,35)36)26(39-31(28)42)9-7-14-37-27-12-11-23(19-30(27)45-3)47(43,44)41(2)22-46-17-18-48(4,5)6/h8,10-12,15,19,24-25,37-38H,13-14,16-18,20-22H2,1-6H3/t24-,25+/m0/s1. The highest BCUT2D eigenvalue weighted by atomic mass is 32.2. The number of imidazole rings is 1. The van der Waals surface area contributed by atoms with Crippen LogP contribution < -0.4 is 15.4 Å². The first-order valence-corrected chi connectivity index (χ1v) is 20.7. The molecule has 264 valence electrons. The molecule has 0 radical (unpaired) electrons. The second-order valence-electron chi connectivity index (χ2n) is 13.1. The van der Waals surface area contributed by atoms with Gasteiger partial charge in [-0.15, -0.1) is 0 Å². The number of halogens is 4.